The first-order valence-electron chi connectivity index (χ1n) is 6.65. The van der Waals surface area contributed by atoms with Crippen LogP contribution in [0.3, 0.4) is 0 Å². The molecule has 0 unspecified atom stereocenters. The van der Waals surface area contributed by atoms with Crippen molar-refractivity contribution in [1.82, 2.24) is 9.97 Å². The van der Waals surface area contributed by atoms with Gasteiger partial charge in [-0.2, -0.15) is 0 Å². The fraction of sp³-hybridized carbons (Fsp3) is 0.286. The number of pyridine rings is 2. The first-order chi connectivity index (χ1) is 10.1. The minimum Gasteiger partial charge on any atom is -0.369 e. The van der Waals surface area contributed by atoms with Crippen molar-refractivity contribution in [2.45, 2.75) is 18.2 Å². The van der Waals surface area contributed by atoms with Crippen molar-refractivity contribution in [2.24, 2.45) is 0 Å². The average Bonchev–Trinajstić information content (AvgIpc) is 2.53. The summed E-state index contributed by atoms with van der Waals surface area (Å²) in [6.07, 6.45) is 5.56. The molecule has 0 bridgehead atoms. The van der Waals surface area contributed by atoms with Crippen molar-refractivity contribution < 1.29 is 8.42 Å². The lowest BCUT2D eigenvalue weighted by atomic mass is 10.4. The monoisotopic (exact) mass is 306 g/mol. The molecule has 0 saturated heterocycles. The molecule has 0 aliphatic carbocycles. The molecule has 2 aromatic rings. The maximum atomic E-state index is 12.7. The van der Waals surface area contributed by atoms with Gasteiger partial charge in [-0.25, -0.2) is 13.4 Å². The molecule has 21 heavy (non-hydrogen) atoms. The summed E-state index contributed by atoms with van der Waals surface area (Å²) in [5.41, 5.74) is 0.503. The molecule has 0 aliphatic heterocycles. The van der Waals surface area contributed by atoms with E-state index in [0.29, 0.717) is 18.1 Å². The Morgan fingerprint density at radius 1 is 1.24 bits per heavy atom. The van der Waals surface area contributed by atoms with Gasteiger partial charge in [0.05, 0.1) is 11.9 Å². The molecule has 0 saturated carbocycles. The Bertz CT molecular complexity index is 689. The van der Waals surface area contributed by atoms with Crippen LogP contribution in [0.4, 0.5) is 11.5 Å². The molecular weight excluding hydrogens is 288 g/mol. The Labute approximate surface area is 124 Å². The second-order valence-electron chi connectivity index (χ2n) is 4.46. The number of hydrogen-bond donors (Lipinski definition) is 1. The molecule has 112 valence electrons. The summed E-state index contributed by atoms with van der Waals surface area (Å²) in [6, 6.07) is 6.55. The average molecular weight is 306 g/mol. The molecule has 0 aliphatic rings. The number of hydrogen-bond acceptors (Lipinski definition) is 5. The van der Waals surface area contributed by atoms with Gasteiger partial charge in [0.2, 0.25) is 0 Å². The van der Waals surface area contributed by atoms with Gasteiger partial charge in [-0.3, -0.25) is 9.29 Å². The molecule has 2 aromatic heterocycles. The molecule has 0 aromatic carbocycles. The van der Waals surface area contributed by atoms with Gasteiger partial charge >= 0.3 is 0 Å². The molecule has 0 radical (unpaired) electrons. The number of nitrogens with one attached hydrogen (secondary N) is 1. The van der Waals surface area contributed by atoms with E-state index in [1.165, 1.54) is 17.5 Å². The molecule has 2 rings (SSSR count). The third-order valence-corrected chi connectivity index (χ3v) is 4.78. The Morgan fingerprint density at radius 2 is 2.00 bits per heavy atom. The van der Waals surface area contributed by atoms with Gasteiger partial charge in [0.1, 0.15) is 10.7 Å². The van der Waals surface area contributed by atoms with Gasteiger partial charge in [0.25, 0.3) is 10.0 Å². The Balaban J connectivity index is 2.40. The zero-order chi connectivity index (χ0) is 15.3. The molecular formula is C14H18N4O2S. The van der Waals surface area contributed by atoms with Crippen LogP contribution in [0, 0.1) is 0 Å². The van der Waals surface area contributed by atoms with E-state index < -0.39 is 10.0 Å². The fourth-order valence-electron chi connectivity index (χ4n) is 1.80. The van der Waals surface area contributed by atoms with Crippen LogP contribution in [0.25, 0.3) is 0 Å². The van der Waals surface area contributed by atoms with Crippen molar-refractivity contribution in [3.05, 3.63) is 42.9 Å². The van der Waals surface area contributed by atoms with Crippen molar-refractivity contribution >= 4 is 21.5 Å². The molecule has 2 heterocycles. The zero-order valence-electron chi connectivity index (χ0n) is 12.0. The maximum Gasteiger partial charge on any atom is 0.267 e. The van der Waals surface area contributed by atoms with E-state index in [-0.39, 0.29) is 4.90 Å². The summed E-state index contributed by atoms with van der Waals surface area (Å²) >= 11 is 0. The Hall–Kier alpha value is -2.15. The van der Waals surface area contributed by atoms with E-state index in [1.54, 1.807) is 36.7 Å². The quantitative estimate of drug-likeness (QED) is 0.885. The molecule has 6 nitrogen and oxygen atoms in total. The van der Waals surface area contributed by atoms with Crippen molar-refractivity contribution in [3.8, 4) is 0 Å². The highest BCUT2D eigenvalue weighted by atomic mass is 32.2. The SMILES string of the molecule is CCCNc1ncccc1S(=O)(=O)N(C)c1cccnc1. The van der Waals surface area contributed by atoms with Gasteiger partial charge in [-0.15, -0.1) is 0 Å². The lowest BCUT2D eigenvalue weighted by Gasteiger charge is -2.20. The molecule has 7 heteroatoms. The summed E-state index contributed by atoms with van der Waals surface area (Å²) in [5, 5.41) is 3.04. The largest absolute Gasteiger partial charge is 0.369 e. The van der Waals surface area contributed by atoms with E-state index in [1.807, 2.05) is 6.92 Å². The smallest absolute Gasteiger partial charge is 0.267 e. The summed E-state index contributed by atoms with van der Waals surface area (Å²) in [5.74, 6) is 0.370. The molecule has 0 fully saturated rings. The minimum absolute atomic E-state index is 0.157. The number of anilines is 2. The molecule has 0 spiro atoms. The van der Waals surface area contributed by atoms with E-state index in [9.17, 15) is 8.42 Å². The van der Waals surface area contributed by atoms with Crippen molar-refractivity contribution in [2.75, 3.05) is 23.2 Å². The number of sulfonamides is 1. The van der Waals surface area contributed by atoms with Crippen LogP contribution in [0.2, 0.25) is 0 Å². The highest BCUT2D eigenvalue weighted by Gasteiger charge is 2.25. The minimum atomic E-state index is -3.68. The van der Waals surface area contributed by atoms with Gasteiger partial charge < -0.3 is 5.32 Å². The summed E-state index contributed by atoms with van der Waals surface area (Å²) in [7, 11) is -2.18. The lowest BCUT2D eigenvalue weighted by molar-refractivity contribution is 0.594. The van der Waals surface area contributed by atoms with Crippen molar-refractivity contribution in [3.63, 3.8) is 0 Å². The predicted octanol–water partition coefficient (Wildman–Crippen LogP) is 2.12. The van der Waals surface area contributed by atoms with E-state index >= 15 is 0 Å². The molecule has 1 N–H and O–H groups in total. The molecule has 0 amide bonds. The Kier molecular flexibility index (Phi) is 4.74. The van der Waals surface area contributed by atoms with Gasteiger partial charge in [0, 0.05) is 26.0 Å². The zero-order valence-corrected chi connectivity index (χ0v) is 12.8. The van der Waals surface area contributed by atoms with E-state index in [4.69, 9.17) is 0 Å². The first kappa shape index (κ1) is 15.2. The summed E-state index contributed by atoms with van der Waals surface area (Å²) < 4.78 is 26.7. The van der Waals surface area contributed by atoms with Gasteiger partial charge in [-0.1, -0.05) is 6.92 Å². The van der Waals surface area contributed by atoms with E-state index in [0.717, 1.165) is 6.42 Å². The van der Waals surface area contributed by atoms with Gasteiger partial charge in [0.15, 0.2) is 0 Å². The predicted molar refractivity (Wildman–Crippen MR) is 82.8 cm³/mol. The number of aromatic nitrogens is 2. The topological polar surface area (TPSA) is 75.2 Å². The normalized spacial score (nSPS) is 11.1. The highest BCUT2D eigenvalue weighted by Crippen LogP contribution is 2.25. The number of rotatable bonds is 6. The van der Waals surface area contributed by atoms with Crippen LogP contribution < -0.4 is 9.62 Å². The summed E-state index contributed by atoms with van der Waals surface area (Å²) in [4.78, 5) is 8.23. The standard InChI is InChI=1S/C14H18N4O2S/c1-3-8-16-14-13(7-5-10-17-14)21(19,20)18(2)12-6-4-9-15-11-12/h4-7,9-11H,3,8H2,1-2H3,(H,16,17). The van der Waals surface area contributed by atoms with E-state index in [2.05, 4.69) is 15.3 Å². The van der Waals surface area contributed by atoms with Crippen LogP contribution in [0.1, 0.15) is 13.3 Å². The second-order valence-corrected chi connectivity index (χ2v) is 6.40. The lowest BCUT2D eigenvalue weighted by Crippen LogP contribution is -2.27. The number of nitrogens with zero attached hydrogens (tertiary/aromatic N) is 3. The third kappa shape index (κ3) is 3.30. The Morgan fingerprint density at radius 3 is 2.67 bits per heavy atom. The van der Waals surface area contributed by atoms with Crippen LogP contribution in [-0.2, 0) is 10.0 Å². The van der Waals surface area contributed by atoms with Crippen LogP contribution >= 0.6 is 0 Å². The molecule has 0 atom stereocenters. The maximum absolute atomic E-state index is 12.7. The van der Waals surface area contributed by atoms with Crippen LogP contribution in [0.5, 0.6) is 0 Å². The van der Waals surface area contributed by atoms with Gasteiger partial charge in [-0.05, 0) is 30.7 Å². The van der Waals surface area contributed by atoms with Crippen molar-refractivity contribution in [1.29, 1.82) is 0 Å². The first-order valence-corrected chi connectivity index (χ1v) is 8.09. The fourth-order valence-corrected chi connectivity index (χ4v) is 3.10. The highest BCUT2D eigenvalue weighted by molar-refractivity contribution is 7.93. The van der Waals surface area contributed by atoms with Crippen LogP contribution in [0.15, 0.2) is 47.8 Å². The third-order valence-electron chi connectivity index (χ3n) is 2.96. The second kappa shape index (κ2) is 6.53. The summed E-state index contributed by atoms with van der Waals surface area (Å²) in [6.45, 7) is 2.67. The van der Waals surface area contributed by atoms with Crippen LogP contribution in [-0.4, -0.2) is 32.0 Å².